The Kier molecular flexibility index (Phi) is 4.01. The van der Waals surface area contributed by atoms with Crippen molar-refractivity contribution in [1.29, 1.82) is 0 Å². The Morgan fingerprint density at radius 2 is 2.29 bits per heavy atom. The molecule has 0 amide bonds. The van der Waals surface area contributed by atoms with E-state index in [4.69, 9.17) is 0 Å². The van der Waals surface area contributed by atoms with Crippen molar-refractivity contribution in [3.8, 4) is 5.75 Å². The van der Waals surface area contributed by atoms with Crippen LogP contribution in [0.1, 0.15) is 24.8 Å². The van der Waals surface area contributed by atoms with Crippen LogP contribution in [0.25, 0.3) is 0 Å². The van der Waals surface area contributed by atoms with Crippen molar-refractivity contribution in [2.24, 2.45) is 0 Å². The predicted molar refractivity (Wildman–Crippen MR) is 59.0 cm³/mol. The van der Waals surface area contributed by atoms with Crippen LogP contribution in [0.3, 0.4) is 0 Å². The molecule has 0 aromatic heterocycles. The Bertz CT molecular complexity index is 323. The molecule has 1 atom stereocenters. The summed E-state index contributed by atoms with van der Waals surface area (Å²) in [6.07, 6.45) is 3.33. The van der Waals surface area contributed by atoms with Crippen LogP contribution >= 0.6 is 11.8 Å². The standard InChI is InChI=1S/C11H14O2S/c1-8(5-6-12)9-3-4-11(14-2)10(13)7-9/h3-4,6-8,13H,5H2,1-2H3. The molecule has 1 aromatic carbocycles. The van der Waals surface area contributed by atoms with Gasteiger partial charge >= 0.3 is 0 Å². The third kappa shape index (κ3) is 2.51. The fourth-order valence-corrected chi connectivity index (χ4v) is 1.77. The number of phenols is 1. The van der Waals surface area contributed by atoms with E-state index in [2.05, 4.69) is 0 Å². The van der Waals surface area contributed by atoms with Gasteiger partial charge in [-0.3, -0.25) is 0 Å². The van der Waals surface area contributed by atoms with E-state index in [-0.39, 0.29) is 5.92 Å². The predicted octanol–water partition coefficient (Wildman–Crippen LogP) is 2.81. The number of benzene rings is 1. The number of aromatic hydroxyl groups is 1. The van der Waals surface area contributed by atoms with E-state index in [9.17, 15) is 9.90 Å². The van der Waals surface area contributed by atoms with E-state index in [1.165, 1.54) is 11.8 Å². The Balaban J connectivity index is 2.90. The second-order valence-electron chi connectivity index (χ2n) is 3.23. The Labute approximate surface area is 88.3 Å². The van der Waals surface area contributed by atoms with E-state index in [0.29, 0.717) is 12.2 Å². The van der Waals surface area contributed by atoms with E-state index in [1.807, 2.05) is 25.3 Å². The number of hydrogen-bond donors (Lipinski definition) is 1. The van der Waals surface area contributed by atoms with Crippen molar-refractivity contribution in [3.63, 3.8) is 0 Å². The SMILES string of the molecule is CSc1ccc(C(C)CC=O)cc1O. The lowest BCUT2D eigenvalue weighted by Crippen LogP contribution is -1.94. The van der Waals surface area contributed by atoms with Crippen molar-refractivity contribution in [1.82, 2.24) is 0 Å². The van der Waals surface area contributed by atoms with Gasteiger partial charge < -0.3 is 9.90 Å². The third-order valence-corrected chi connectivity index (χ3v) is 3.01. The van der Waals surface area contributed by atoms with E-state index >= 15 is 0 Å². The Morgan fingerprint density at radius 1 is 1.57 bits per heavy atom. The summed E-state index contributed by atoms with van der Waals surface area (Å²) in [4.78, 5) is 11.2. The highest BCUT2D eigenvalue weighted by Crippen LogP contribution is 2.30. The van der Waals surface area contributed by atoms with Gasteiger partial charge in [0.2, 0.25) is 0 Å². The lowest BCUT2D eigenvalue weighted by atomic mass is 9.98. The van der Waals surface area contributed by atoms with E-state index in [1.54, 1.807) is 6.07 Å². The first-order chi connectivity index (χ1) is 6.69. The summed E-state index contributed by atoms with van der Waals surface area (Å²) < 4.78 is 0. The Hall–Kier alpha value is -0.960. The first-order valence-electron chi connectivity index (χ1n) is 4.49. The zero-order chi connectivity index (χ0) is 10.6. The summed E-state index contributed by atoms with van der Waals surface area (Å²) in [6.45, 7) is 1.97. The second-order valence-corrected chi connectivity index (χ2v) is 4.08. The van der Waals surface area contributed by atoms with Crippen LogP contribution in [0.5, 0.6) is 5.75 Å². The summed E-state index contributed by atoms with van der Waals surface area (Å²) in [7, 11) is 0. The maximum atomic E-state index is 10.3. The molecular weight excluding hydrogens is 196 g/mol. The normalized spacial score (nSPS) is 12.4. The molecule has 76 valence electrons. The molecule has 3 heteroatoms. The topological polar surface area (TPSA) is 37.3 Å². The molecule has 0 fully saturated rings. The van der Waals surface area contributed by atoms with E-state index < -0.39 is 0 Å². The number of rotatable bonds is 4. The first kappa shape index (κ1) is 11.1. The van der Waals surface area contributed by atoms with Gasteiger partial charge in [-0.25, -0.2) is 0 Å². The smallest absolute Gasteiger partial charge is 0.129 e. The molecule has 1 rings (SSSR count). The zero-order valence-electron chi connectivity index (χ0n) is 8.36. The molecule has 1 aromatic rings. The highest BCUT2D eigenvalue weighted by atomic mass is 32.2. The van der Waals surface area contributed by atoms with Gasteiger partial charge in [-0.2, -0.15) is 0 Å². The van der Waals surface area contributed by atoms with Crippen LogP contribution < -0.4 is 0 Å². The van der Waals surface area contributed by atoms with Crippen LogP contribution in [0.15, 0.2) is 23.1 Å². The highest BCUT2D eigenvalue weighted by molar-refractivity contribution is 7.98. The van der Waals surface area contributed by atoms with Gasteiger partial charge in [-0.15, -0.1) is 11.8 Å². The molecule has 1 N–H and O–H groups in total. The monoisotopic (exact) mass is 210 g/mol. The fraction of sp³-hybridized carbons (Fsp3) is 0.364. The summed E-state index contributed by atoms with van der Waals surface area (Å²) in [5, 5.41) is 9.60. The lowest BCUT2D eigenvalue weighted by molar-refractivity contribution is -0.108. The molecule has 0 aliphatic heterocycles. The van der Waals surface area contributed by atoms with Crippen LogP contribution in [0.4, 0.5) is 0 Å². The number of carbonyl (C=O) groups is 1. The summed E-state index contributed by atoms with van der Waals surface area (Å²) in [6, 6.07) is 5.58. The Morgan fingerprint density at radius 3 is 2.79 bits per heavy atom. The molecule has 2 nitrogen and oxygen atoms in total. The number of thioether (sulfide) groups is 1. The third-order valence-electron chi connectivity index (χ3n) is 2.22. The van der Waals surface area contributed by atoms with Crippen LogP contribution in [-0.4, -0.2) is 17.6 Å². The van der Waals surface area contributed by atoms with Crippen LogP contribution in [0.2, 0.25) is 0 Å². The average molecular weight is 210 g/mol. The minimum absolute atomic E-state index is 0.175. The van der Waals surface area contributed by atoms with Crippen molar-refractivity contribution < 1.29 is 9.90 Å². The molecular formula is C11H14O2S. The first-order valence-corrected chi connectivity index (χ1v) is 5.72. The van der Waals surface area contributed by atoms with Gasteiger partial charge in [0.05, 0.1) is 0 Å². The largest absolute Gasteiger partial charge is 0.507 e. The molecule has 0 saturated carbocycles. The van der Waals surface area contributed by atoms with Crippen molar-refractivity contribution in [2.75, 3.05) is 6.26 Å². The minimum Gasteiger partial charge on any atom is -0.507 e. The number of hydrogen-bond acceptors (Lipinski definition) is 3. The van der Waals surface area contributed by atoms with Gasteiger partial charge in [-0.05, 0) is 29.9 Å². The van der Waals surface area contributed by atoms with Crippen LogP contribution in [-0.2, 0) is 4.79 Å². The average Bonchev–Trinajstić information content (AvgIpc) is 2.18. The van der Waals surface area contributed by atoms with Crippen molar-refractivity contribution in [3.05, 3.63) is 23.8 Å². The highest BCUT2D eigenvalue weighted by Gasteiger charge is 2.07. The second kappa shape index (κ2) is 5.05. The van der Waals surface area contributed by atoms with Gasteiger partial charge in [0.15, 0.2) is 0 Å². The van der Waals surface area contributed by atoms with Gasteiger partial charge in [0.1, 0.15) is 12.0 Å². The molecule has 0 bridgehead atoms. The lowest BCUT2D eigenvalue weighted by Gasteiger charge is -2.10. The van der Waals surface area contributed by atoms with Crippen molar-refractivity contribution in [2.45, 2.75) is 24.2 Å². The number of aldehydes is 1. The van der Waals surface area contributed by atoms with Gasteiger partial charge in [0, 0.05) is 11.3 Å². The molecule has 0 spiro atoms. The molecule has 0 aliphatic carbocycles. The summed E-state index contributed by atoms with van der Waals surface area (Å²) >= 11 is 1.51. The quantitative estimate of drug-likeness (QED) is 0.613. The number of phenolic OH excluding ortho intramolecular Hbond substituents is 1. The molecule has 0 aliphatic rings. The summed E-state index contributed by atoms with van der Waals surface area (Å²) in [5.41, 5.74) is 1.01. The molecule has 0 radical (unpaired) electrons. The molecule has 1 unspecified atom stereocenters. The van der Waals surface area contributed by atoms with Crippen LogP contribution in [0, 0.1) is 0 Å². The minimum atomic E-state index is 0.175. The molecule has 0 saturated heterocycles. The number of carbonyl (C=O) groups excluding carboxylic acids is 1. The molecule has 14 heavy (non-hydrogen) atoms. The zero-order valence-corrected chi connectivity index (χ0v) is 9.17. The maximum absolute atomic E-state index is 10.3. The van der Waals surface area contributed by atoms with Gasteiger partial charge in [0.25, 0.3) is 0 Å². The van der Waals surface area contributed by atoms with E-state index in [0.717, 1.165) is 16.7 Å². The molecule has 0 heterocycles. The fourth-order valence-electron chi connectivity index (χ4n) is 1.29. The summed E-state index contributed by atoms with van der Waals surface area (Å²) in [5.74, 6) is 0.474. The van der Waals surface area contributed by atoms with Crippen molar-refractivity contribution >= 4 is 18.0 Å². The van der Waals surface area contributed by atoms with Gasteiger partial charge in [-0.1, -0.05) is 13.0 Å². The maximum Gasteiger partial charge on any atom is 0.129 e.